The second kappa shape index (κ2) is 4.97. The fourth-order valence-electron chi connectivity index (χ4n) is 2.37. The van der Waals surface area contributed by atoms with Crippen molar-refractivity contribution in [1.82, 2.24) is 14.9 Å². The standard InChI is InChI=1S/C14H14N4O2S/c1-14(7-15,9-2-3-9)17-11(19)6-18-8-16-12-10(13(18)20)4-5-21-12/h4-5,8-9H,2-3,6H2,1H3,(H,17,19)/t14-/m0/s1. The highest BCUT2D eigenvalue weighted by Crippen LogP contribution is 2.39. The topological polar surface area (TPSA) is 87.8 Å². The Morgan fingerprint density at radius 2 is 2.43 bits per heavy atom. The molecule has 6 nitrogen and oxygen atoms in total. The van der Waals surface area contributed by atoms with Crippen molar-refractivity contribution in [3.63, 3.8) is 0 Å². The Balaban J connectivity index is 1.79. The summed E-state index contributed by atoms with van der Waals surface area (Å²) in [4.78, 5) is 29.1. The molecular formula is C14H14N4O2S. The van der Waals surface area contributed by atoms with Gasteiger partial charge < -0.3 is 5.32 Å². The Hall–Kier alpha value is -2.20. The van der Waals surface area contributed by atoms with Gasteiger partial charge >= 0.3 is 0 Å². The van der Waals surface area contributed by atoms with Crippen molar-refractivity contribution < 1.29 is 4.79 Å². The molecule has 1 aliphatic rings. The van der Waals surface area contributed by atoms with E-state index in [0.717, 1.165) is 12.8 Å². The summed E-state index contributed by atoms with van der Waals surface area (Å²) in [6.45, 7) is 1.60. The number of hydrogen-bond donors (Lipinski definition) is 1. The van der Waals surface area contributed by atoms with Crippen molar-refractivity contribution in [3.05, 3.63) is 28.1 Å². The summed E-state index contributed by atoms with van der Waals surface area (Å²) < 4.78 is 1.27. The lowest BCUT2D eigenvalue weighted by Crippen LogP contribution is -2.48. The number of rotatable bonds is 4. The third-order valence-corrected chi connectivity index (χ3v) is 4.61. The van der Waals surface area contributed by atoms with Crippen molar-refractivity contribution in [2.45, 2.75) is 31.8 Å². The lowest BCUT2D eigenvalue weighted by atomic mass is 9.98. The second-order valence-corrected chi connectivity index (χ2v) is 6.35. The molecule has 108 valence electrons. The third-order valence-electron chi connectivity index (χ3n) is 3.79. The molecule has 0 radical (unpaired) electrons. The zero-order chi connectivity index (χ0) is 15.0. The highest BCUT2D eigenvalue weighted by molar-refractivity contribution is 7.16. The molecule has 1 amide bonds. The van der Waals surface area contributed by atoms with Gasteiger partial charge in [0.05, 0.1) is 17.8 Å². The number of nitrogens with zero attached hydrogens (tertiary/aromatic N) is 3. The van der Waals surface area contributed by atoms with Crippen LogP contribution in [-0.2, 0) is 11.3 Å². The number of carbonyl (C=O) groups is 1. The van der Waals surface area contributed by atoms with Crippen LogP contribution in [0.1, 0.15) is 19.8 Å². The van der Waals surface area contributed by atoms with Crippen LogP contribution in [0.2, 0.25) is 0 Å². The number of nitrogens with one attached hydrogen (secondary N) is 1. The maximum atomic E-state index is 12.2. The Morgan fingerprint density at radius 1 is 1.67 bits per heavy atom. The SMILES string of the molecule is C[C@@](C#N)(NC(=O)Cn1cnc2sccc2c1=O)C1CC1. The minimum atomic E-state index is -0.847. The molecule has 0 spiro atoms. The van der Waals surface area contributed by atoms with Crippen LogP contribution in [-0.4, -0.2) is 21.0 Å². The molecule has 1 N–H and O–H groups in total. The summed E-state index contributed by atoms with van der Waals surface area (Å²) in [5, 5.41) is 14.3. The number of carbonyl (C=O) groups excluding carboxylic acids is 1. The van der Waals surface area contributed by atoms with Crippen LogP contribution in [0, 0.1) is 17.2 Å². The Labute approximate surface area is 125 Å². The first-order valence-electron chi connectivity index (χ1n) is 6.68. The van der Waals surface area contributed by atoms with E-state index in [2.05, 4.69) is 16.4 Å². The van der Waals surface area contributed by atoms with Gasteiger partial charge in [-0.25, -0.2) is 4.98 Å². The van der Waals surface area contributed by atoms with E-state index >= 15 is 0 Å². The van der Waals surface area contributed by atoms with Crippen LogP contribution in [0.5, 0.6) is 0 Å². The minimum absolute atomic E-state index is 0.123. The van der Waals surface area contributed by atoms with E-state index < -0.39 is 5.54 Å². The number of thiophene rings is 1. The predicted octanol–water partition coefficient (Wildman–Crippen LogP) is 1.27. The van der Waals surface area contributed by atoms with Crippen LogP contribution in [0.3, 0.4) is 0 Å². The van der Waals surface area contributed by atoms with Crippen molar-refractivity contribution in [2.75, 3.05) is 0 Å². The Kier molecular flexibility index (Phi) is 3.26. The van der Waals surface area contributed by atoms with E-state index in [4.69, 9.17) is 0 Å². The first-order valence-corrected chi connectivity index (χ1v) is 7.56. The van der Waals surface area contributed by atoms with Gasteiger partial charge in [0.15, 0.2) is 0 Å². The number of amides is 1. The van der Waals surface area contributed by atoms with E-state index in [-0.39, 0.29) is 23.9 Å². The fourth-order valence-corrected chi connectivity index (χ4v) is 3.10. The number of nitriles is 1. The maximum absolute atomic E-state index is 12.2. The summed E-state index contributed by atoms with van der Waals surface area (Å²) in [5.74, 6) is -0.134. The van der Waals surface area contributed by atoms with Gasteiger partial charge in [-0.1, -0.05) is 0 Å². The molecule has 21 heavy (non-hydrogen) atoms. The smallest absolute Gasteiger partial charge is 0.262 e. The predicted molar refractivity (Wildman–Crippen MR) is 78.8 cm³/mol. The Bertz CT molecular complexity index is 799. The van der Waals surface area contributed by atoms with Crippen LogP contribution in [0.25, 0.3) is 10.2 Å². The van der Waals surface area contributed by atoms with E-state index in [1.54, 1.807) is 18.4 Å². The molecular weight excluding hydrogens is 288 g/mol. The first kappa shape index (κ1) is 13.8. The van der Waals surface area contributed by atoms with Crippen molar-refractivity contribution in [1.29, 1.82) is 5.26 Å². The quantitative estimate of drug-likeness (QED) is 0.921. The van der Waals surface area contributed by atoms with Gasteiger partial charge in [0.25, 0.3) is 5.56 Å². The van der Waals surface area contributed by atoms with Gasteiger partial charge in [-0.3, -0.25) is 14.2 Å². The summed E-state index contributed by atoms with van der Waals surface area (Å²) in [7, 11) is 0. The van der Waals surface area contributed by atoms with Gasteiger partial charge in [0, 0.05) is 0 Å². The van der Waals surface area contributed by atoms with Crippen LogP contribution < -0.4 is 10.9 Å². The summed E-state index contributed by atoms with van der Waals surface area (Å²) >= 11 is 1.39. The molecule has 3 rings (SSSR count). The average molecular weight is 302 g/mol. The second-order valence-electron chi connectivity index (χ2n) is 5.45. The molecule has 0 unspecified atom stereocenters. The molecule has 1 saturated carbocycles. The summed E-state index contributed by atoms with van der Waals surface area (Å²) in [6, 6.07) is 3.87. The molecule has 2 aromatic rings. The van der Waals surface area contributed by atoms with Crippen molar-refractivity contribution in [3.8, 4) is 6.07 Å². The lowest BCUT2D eigenvalue weighted by molar-refractivity contribution is -0.123. The monoisotopic (exact) mass is 302 g/mol. The molecule has 1 aliphatic carbocycles. The van der Waals surface area contributed by atoms with Crippen molar-refractivity contribution >= 4 is 27.5 Å². The highest BCUT2D eigenvalue weighted by atomic mass is 32.1. The molecule has 1 fully saturated rings. The fraction of sp³-hybridized carbons (Fsp3) is 0.429. The lowest BCUT2D eigenvalue weighted by Gasteiger charge is -2.22. The third kappa shape index (κ3) is 2.54. The van der Waals surface area contributed by atoms with E-state index in [9.17, 15) is 14.9 Å². The average Bonchev–Trinajstić information content (AvgIpc) is 3.21. The largest absolute Gasteiger partial charge is 0.336 e. The van der Waals surface area contributed by atoms with Gasteiger partial charge in [-0.05, 0) is 37.1 Å². The molecule has 7 heteroatoms. The van der Waals surface area contributed by atoms with E-state index in [0.29, 0.717) is 10.2 Å². The number of fused-ring (bicyclic) bond motifs is 1. The number of hydrogen-bond acceptors (Lipinski definition) is 5. The van der Waals surface area contributed by atoms with Gasteiger partial charge in [-0.15, -0.1) is 11.3 Å². The Morgan fingerprint density at radius 3 is 3.10 bits per heavy atom. The van der Waals surface area contributed by atoms with Gasteiger partial charge in [-0.2, -0.15) is 5.26 Å². The molecule has 0 saturated heterocycles. The molecule has 0 aromatic carbocycles. The maximum Gasteiger partial charge on any atom is 0.262 e. The molecule has 1 atom stereocenters. The number of aromatic nitrogens is 2. The zero-order valence-corrected chi connectivity index (χ0v) is 12.3. The van der Waals surface area contributed by atoms with Gasteiger partial charge in [0.1, 0.15) is 16.9 Å². The highest BCUT2D eigenvalue weighted by Gasteiger charge is 2.42. The van der Waals surface area contributed by atoms with Gasteiger partial charge in [0.2, 0.25) is 5.91 Å². The zero-order valence-electron chi connectivity index (χ0n) is 11.5. The molecule has 2 heterocycles. The van der Waals surface area contributed by atoms with Crippen molar-refractivity contribution in [2.24, 2.45) is 5.92 Å². The van der Waals surface area contributed by atoms with Crippen LogP contribution in [0.15, 0.2) is 22.6 Å². The minimum Gasteiger partial charge on any atom is -0.336 e. The van der Waals surface area contributed by atoms with Crippen LogP contribution in [0.4, 0.5) is 0 Å². The molecule has 0 bridgehead atoms. The van der Waals surface area contributed by atoms with E-state index in [1.165, 1.54) is 22.2 Å². The molecule has 0 aliphatic heterocycles. The normalized spacial score (nSPS) is 17.1. The first-order chi connectivity index (χ1) is 10.0. The summed E-state index contributed by atoms with van der Waals surface area (Å²) in [6.07, 6.45) is 3.28. The summed E-state index contributed by atoms with van der Waals surface area (Å²) in [5.41, 5.74) is -1.08. The molecule has 2 aromatic heterocycles. The van der Waals surface area contributed by atoms with E-state index in [1.807, 2.05) is 0 Å². The van der Waals surface area contributed by atoms with Crippen LogP contribution >= 0.6 is 11.3 Å².